The summed E-state index contributed by atoms with van der Waals surface area (Å²) in [5.74, 6) is 0.330. The standard InChI is InChI=1S/C20H20N4O3/c1-15(25)18-6-8-19(9-7-18)27-12-20(26)22-10-16-2-4-17(5-3-16)11-24-14-21-13-23-24/h2-9,13-14H,10-12H2,1H3,(H,22,26). The molecular formula is C20H20N4O3. The van der Waals surface area contributed by atoms with E-state index in [2.05, 4.69) is 15.4 Å². The SMILES string of the molecule is CC(=O)c1ccc(OCC(=O)NCc2ccc(Cn3cncn3)cc2)cc1. The quantitative estimate of drug-likeness (QED) is 0.620. The number of ketones is 1. The van der Waals surface area contributed by atoms with Crippen molar-refractivity contribution in [2.24, 2.45) is 0 Å². The van der Waals surface area contributed by atoms with E-state index >= 15 is 0 Å². The Kier molecular flexibility index (Phi) is 5.94. The smallest absolute Gasteiger partial charge is 0.258 e. The minimum Gasteiger partial charge on any atom is -0.484 e. The number of carbonyl (C=O) groups excluding carboxylic acids is 2. The molecule has 0 radical (unpaired) electrons. The Morgan fingerprint density at radius 3 is 2.37 bits per heavy atom. The van der Waals surface area contributed by atoms with Crippen molar-refractivity contribution < 1.29 is 14.3 Å². The van der Waals surface area contributed by atoms with E-state index in [0.717, 1.165) is 11.1 Å². The summed E-state index contributed by atoms with van der Waals surface area (Å²) in [6, 6.07) is 14.6. The van der Waals surface area contributed by atoms with Gasteiger partial charge in [0.05, 0.1) is 6.54 Å². The maximum absolute atomic E-state index is 11.9. The number of benzene rings is 2. The third kappa shape index (κ3) is 5.50. The highest BCUT2D eigenvalue weighted by Crippen LogP contribution is 2.12. The normalized spacial score (nSPS) is 10.4. The largest absolute Gasteiger partial charge is 0.484 e. The fourth-order valence-electron chi connectivity index (χ4n) is 2.45. The van der Waals surface area contributed by atoms with E-state index in [1.54, 1.807) is 35.3 Å². The van der Waals surface area contributed by atoms with Crippen molar-refractivity contribution in [1.29, 1.82) is 0 Å². The van der Waals surface area contributed by atoms with Crippen molar-refractivity contribution in [2.45, 2.75) is 20.0 Å². The van der Waals surface area contributed by atoms with Crippen LogP contribution in [0.1, 0.15) is 28.4 Å². The summed E-state index contributed by atoms with van der Waals surface area (Å²) in [4.78, 5) is 27.1. The molecule has 3 aromatic rings. The molecule has 1 heterocycles. The number of amides is 1. The molecular weight excluding hydrogens is 344 g/mol. The first-order valence-electron chi connectivity index (χ1n) is 8.51. The molecule has 7 nitrogen and oxygen atoms in total. The Balaban J connectivity index is 1.42. The van der Waals surface area contributed by atoms with Crippen LogP contribution < -0.4 is 10.1 Å². The maximum atomic E-state index is 11.9. The van der Waals surface area contributed by atoms with Gasteiger partial charge >= 0.3 is 0 Å². The second-order valence-corrected chi connectivity index (χ2v) is 6.06. The molecule has 0 aliphatic rings. The third-order valence-corrected chi connectivity index (χ3v) is 3.95. The topological polar surface area (TPSA) is 86.1 Å². The number of hydrogen-bond acceptors (Lipinski definition) is 5. The van der Waals surface area contributed by atoms with Gasteiger partial charge in [-0.2, -0.15) is 5.10 Å². The number of nitrogens with one attached hydrogen (secondary N) is 1. The summed E-state index contributed by atoms with van der Waals surface area (Å²) in [5.41, 5.74) is 2.71. The summed E-state index contributed by atoms with van der Waals surface area (Å²) in [6.07, 6.45) is 3.17. The molecule has 0 fully saturated rings. The van der Waals surface area contributed by atoms with Gasteiger partial charge in [0.25, 0.3) is 5.91 Å². The van der Waals surface area contributed by atoms with E-state index < -0.39 is 0 Å². The van der Waals surface area contributed by atoms with Gasteiger partial charge in [0.2, 0.25) is 0 Å². The first-order chi connectivity index (χ1) is 13.1. The van der Waals surface area contributed by atoms with Crippen molar-refractivity contribution in [2.75, 3.05) is 6.61 Å². The molecule has 0 saturated heterocycles. The van der Waals surface area contributed by atoms with Crippen molar-refractivity contribution in [3.63, 3.8) is 0 Å². The highest BCUT2D eigenvalue weighted by atomic mass is 16.5. The Hall–Kier alpha value is -3.48. The molecule has 2 aromatic carbocycles. The average Bonchev–Trinajstić information content (AvgIpc) is 3.19. The summed E-state index contributed by atoms with van der Waals surface area (Å²) >= 11 is 0. The molecule has 1 aromatic heterocycles. The number of rotatable bonds is 8. The molecule has 7 heteroatoms. The second kappa shape index (κ2) is 8.75. The van der Waals surface area contributed by atoms with Crippen LogP contribution >= 0.6 is 0 Å². The van der Waals surface area contributed by atoms with E-state index in [4.69, 9.17) is 4.74 Å². The zero-order valence-corrected chi connectivity index (χ0v) is 15.0. The zero-order chi connectivity index (χ0) is 19.1. The van der Waals surface area contributed by atoms with Crippen LogP contribution in [0, 0.1) is 0 Å². The molecule has 1 N–H and O–H groups in total. The Labute approximate surface area is 157 Å². The molecule has 0 spiro atoms. The lowest BCUT2D eigenvalue weighted by Gasteiger charge is -2.09. The molecule has 0 unspecified atom stereocenters. The summed E-state index contributed by atoms with van der Waals surface area (Å²) in [6.45, 7) is 2.51. The second-order valence-electron chi connectivity index (χ2n) is 6.06. The van der Waals surface area contributed by atoms with Gasteiger partial charge in [-0.3, -0.25) is 9.59 Å². The van der Waals surface area contributed by atoms with E-state index in [9.17, 15) is 9.59 Å². The molecule has 1 amide bonds. The van der Waals surface area contributed by atoms with Gasteiger partial charge in [0.1, 0.15) is 18.4 Å². The van der Waals surface area contributed by atoms with Gasteiger partial charge in [-0.1, -0.05) is 24.3 Å². The summed E-state index contributed by atoms with van der Waals surface area (Å²) in [7, 11) is 0. The third-order valence-electron chi connectivity index (χ3n) is 3.95. The van der Waals surface area contributed by atoms with E-state index in [0.29, 0.717) is 24.4 Å². The van der Waals surface area contributed by atoms with Crippen LogP contribution in [0.2, 0.25) is 0 Å². The molecule has 3 rings (SSSR count). The van der Waals surface area contributed by atoms with Crippen molar-refractivity contribution in [3.05, 3.63) is 77.9 Å². The van der Waals surface area contributed by atoms with Crippen molar-refractivity contribution >= 4 is 11.7 Å². The molecule has 0 aliphatic heterocycles. The lowest BCUT2D eigenvalue weighted by Crippen LogP contribution is -2.28. The average molecular weight is 364 g/mol. The minimum absolute atomic E-state index is 0.00778. The van der Waals surface area contributed by atoms with E-state index in [1.807, 2.05) is 24.3 Å². The van der Waals surface area contributed by atoms with Gasteiger partial charge in [-0.25, -0.2) is 9.67 Å². The van der Waals surface area contributed by atoms with Crippen molar-refractivity contribution in [1.82, 2.24) is 20.1 Å². The fraction of sp³-hybridized carbons (Fsp3) is 0.200. The van der Waals surface area contributed by atoms with Crippen LogP contribution in [0.3, 0.4) is 0 Å². The van der Waals surface area contributed by atoms with E-state index in [1.165, 1.54) is 13.3 Å². The number of carbonyl (C=O) groups is 2. The molecule has 138 valence electrons. The Morgan fingerprint density at radius 2 is 1.74 bits per heavy atom. The van der Waals surface area contributed by atoms with Gasteiger partial charge < -0.3 is 10.1 Å². The molecule has 0 bridgehead atoms. The monoisotopic (exact) mass is 364 g/mol. The van der Waals surface area contributed by atoms with Crippen LogP contribution in [0.4, 0.5) is 0 Å². The van der Waals surface area contributed by atoms with Crippen LogP contribution in [0.25, 0.3) is 0 Å². The predicted octanol–water partition coefficient (Wildman–Crippen LogP) is 2.22. The van der Waals surface area contributed by atoms with Gasteiger partial charge in [0, 0.05) is 12.1 Å². The highest BCUT2D eigenvalue weighted by Gasteiger charge is 2.05. The Bertz CT molecular complexity index is 888. The van der Waals surface area contributed by atoms with Crippen molar-refractivity contribution in [3.8, 4) is 5.75 Å². The lowest BCUT2D eigenvalue weighted by molar-refractivity contribution is -0.123. The van der Waals surface area contributed by atoms with Crippen LogP contribution in [0.15, 0.2) is 61.2 Å². The number of hydrogen-bond donors (Lipinski definition) is 1. The van der Waals surface area contributed by atoms with Gasteiger partial charge in [-0.15, -0.1) is 0 Å². The zero-order valence-electron chi connectivity index (χ0n) is 15.0. The highest BCUT2D eigenvalue weighted by molar-refractivity contribution is 5.94. The molecule has 0 atom stereocenters. The number of aromatic nitrogens is 3. The first kappa shape index (κ1) is 18.3. The lowest BCUT2D eigenvalue weighted by atomic mass is 10.1. The van der Waals surface area contributed by atoms with Gasteiger partial charge in [-0.05, 0) is 42.3 Å². The molecule has 27 heavy (non-hydrogen) atoms. The van der Waals surface area contributed by atoms with Crippen LogP contribution in [-0.2, 0) is 17.9 Å². The maximum Gasteiger partial charge on any atom is 0.258 e. The summed E-state index contributed by atoms with van der Waals surface area (Å²) < 4.78 is 7.18. The summed E-state index contributed by atoms with van der Waals surface area (Å²) in [5, 5.41) is 6.89. The van der Waals surface area contributed by atoms with Crippen LogP contribution in [0.5, 0.6) is 5.75 Å². The number of Topliss-reactive ketones (excluding diaryl/α,β-unsaturated/α-hetero) is 1. The van der Waals surface area contributed by atoms with Gasteiger partial charge in [0.15, 0.2) is 12.4 Å². The minimum atomic E-state index is -0.211. The Morgan fingerprint density at radius 1 is 1.04 bits per heavy atom. The first-order valence-corrected chi connectivity index (χ1v) is 8.51. The number of ether oxygens (including phenoxy) is 1. The molecule has 0 saturated carbocycles. The fourth-order valence-corrected chi connectivity index (χ4v) is 2.45. The number of nitrogens with zero attached hydrogens (tertiary/aromatic N) is 3. The predicted molar refractivity (Wildman–Crippen MR) is 99.4 cm³/mol. The molecule has 0 aliphatic carbocycles. The van der Waals surface area contributed by atoms with E-state index in [-0.39, 0.29) is 18.3 Å². The van der Waals surface area contributed by atoms with Crippen LogP contribution in [-0.4, -0.2) is 33.1 Å².